The van der Waals surface area contributed by atoms with Crippen LogP contribution in [0.3, 0.4) is 0 Å². The molecule has 0 aromatic heterocycles. The van der Waals surface area contributed by atoms with Gasteiger partial charge < -0.3 is 54.8 Å². The maximum absolute atomic E-state index is 0. The van der Waals surface area contributed by atoms with Crippen LogP contribution in [-0.4, -0.2) is 54.8 Å². The van der Waals surface area contributed by atoms with Crippen molar-refractivity contribution in [1.82, 2.24) is 0 Å². The number of rotatable bonds is 0. The van der Waals surface area contributed by atoms with E-state index in [1.165, 1.54) is 0 Å². The first-order chi connectivity index (χ1) is 0. The van der Waals surface area contributed by atoms with Crippen LogP contribution < -0.4 is 0 Å². The minimum absolute atomic E-state index is 0. The van der Waals surface area contributed by atoms with Gasteiger partial charge in [-0.3, -0.25) is 0 Å². The van der Waals surface area contributed by atoms with Gasteiger partial charge in [0.1, 0.15) is 0 Å². The average Bonchev–Trinajstić information content (AvgIpc) is 0. The van der Waals surface area contributed by atoms with Crippen molar-refractivity contribution in [2.45, 2.75) is 0 Å². The van der Waals surface area contributed by atoms with Crippen LogP contribution in [0.25, 0.3) is 0 Å². The van der Waals surface area contributed by atoms with Crippen LogP contribution in [0.4, 0.5) is 0 Å². The predicted molar refractivity (Wildman–Crippen MR) is 19.4 cm³/mol. The van der Waals surface area contributed by atoms with Crippen molar-refractivity contribution in [3.63, 3.8) is 0 Å². The second-order valence-electron chi connectivity index (χ2n) is 0. The van der Waals surface area contributed by atoms with Crippen LogP contribution in [-0.2, 0) is 76.8 Å². The van der Waals surface area contributed by atoms with Crippen LogP contribution in [0.2, 0.25) is 0 Å². The summed E-state index contributed by atoms with van der Waals surface area (Å²) in [5.41, 5.74) is 0. The molecule has 14 heteroatoms. The molecule has 0 saturated carbocycles. The summed E-state index contributed by atoms with van der Waals surface area (Å²) >= 11 is 0. The first kappa shape index (κ1) is 889. The van der Waals surface area contributed by atoms with Crippen molar-refractivity contribution in [2.75, 3.05) is 0 Å². The summed E-state index contributed by atoms with van der Waals surface area (Å²) in [6.45, 7) is 0. The minimum atomic E-state index is 0. The second-order valence-corrected chi connectivity index (χ2v) is 0. The van der Waals surface area contributed by atoms with Crippen molar-refractivity contribution in [2.24, 2.45) is 0 Å². The predicted octanol–water partition coefficient (Wildman–Crippen LogP) is -1.78. The normalized spacial score (nSPS) is 0. The molecule has 0 heterocycles. The zero-order valence-corrected chi connectivity index (χ0v) is 11.8. The van der Waals surface area contributed by atoms with Gasteiger partial charge in [0.2, 0.25) is 0 Å². The molecule has 0 aromatic carbocycles. The van der Waals surface area contributed by atoms with Crippen molar-refractivity contribution in [3.8, 4) is 0 Å². The summed E-state index contributed by atoms with van der Waals surface area (Å²) in [5, 5.41) is 0. The largest absolute Gasteiger partial charge is 4.00 e. The summed E-state index contributed by atoms with van der Waals surface area (Å²) in [4.78, 5) is 0. The SMILES string of the molecule is [Fe+2].[Mn+2].[Ni+2].[OH-].[OH-].[OH-].[OH-].[OH-].[OH-].[OH-].[OH-].[OH-].[OH-].[Zr+4]. The van der Waals surface area contributed by atoms with E-state index in [-0.39, 0.29) is 132 Å². The fourth-order valence-corrected chi connectivity index (χ4v) is 0. The van der Waals surface area contributed by atoms with Gasteiger partial charge in [-0.2, -0.15) is 0 Å². The van der Waals surface area contributed by atoms with Crippen molar-refractivity contribution >= 4 is 0 Å². The van der Waals surface area contributed by atoms with Crippen LogP contribution in [0.5, 0.6) is 0 Å². The van der Waals surface area contributed by atoms with E-state index in [2.05, 4.69) is 0 Å². The Kier molecular flexibility index (Phi) is 46100. The Balaban J connectivity index is 0. The number of hydrogen-bond donors (Lipinski definition) is 0. The first-order valence-corrected chi connectivity index (χ1v) is 0. The van der Waals surface area contributed by atoms with Gasteiger partial charge in [-0.15, -0.1) is 0 Å². The molecule has 0 saturated heterocycles. The molecule has 0 aliphatic carbocycles. The third-order valence-corrected chi connectivity index (χ3v) is 0. The molecule has 0 aliphatic rings. The fraction of sp³-hybridized carbons (Fsp3) is 0. The van der Waals surface area contributed by atoms with Gasteiger partial charge in [-0.1, -0.05) is 0 Å². The molecule has 10 N–H and O–H groups in total. The van der Waals surface area contributed by atoms with E-state index in [1.54, 1.807) is 0 Å². The monoisotopic (exact) mass is 429 g/mol. The molecule has 14 heavy (non-hydrogen) atoms. The Morgan fingerprint density at radius 3 is 0.357 bits per heavy atom. The Labute approximate surface area is 131 Å². The molecule has 0 rings (SSSR count). The summed E-state index contributed by atoms with van der Waals surface area (Å²) in [6, 6.07) is 0. The van der Waals surface area contributed by atoms with Crippen LogP contribution in [0.15, 0.2) is 0 Å². The summed E-state index contributed by atoms with van der Waals surface area (Å²) < 4.78 is 0. The smallest absolute Gasteiger partial charge is 0.870 e. The third kappa shape index (κ3) is 584. The van der Waals surface area contributed by atoms with E-state index in [1.807, 2.05) is 0 Å². The van der Waals surface area contributed by atoms with Crippen LogP contribution >= 0.6 is 0 Å². The van der Waals surface area contributed by atoms with Crippen molar-refractivity contribution < 1.29 is 132 Å². The quantitative estimate of drug-likeness (QED) is 0.388. The molecular weight excluding hydrogens is 421 g/mol. The topological polar surface area (TPSA) is 300 Å². The van der Waals surface area contributed by atoms with E-state index in [0.717, 1.165) is 0 Å². The van der Waals surface area contributed by atoms with Gasteiger partial charge in [-0.25, -0.2) is 0 Å². The molecule has 0 unspecified atom stereocenters. The molecule has 0 amide bonds. The Hall–Kier alpha value is 2.02. The average molecular weight is 431 g/mol. The van der Waals surface area contributed by atoms with E-state index >= 15 is 0 Å². The van der Waals surface area contributed by atoms with Gasteiger partial charge >= 0.3 is 76.8 Å². The molecule has 1 radical (unpaired) electrons. The van der Waals surface area contributed by atoms with Gasteiger partial charge in [0.05, 0.1) is 0 Å². The van der Waals surface area contributed by atoms with E-state index < -0.39 is 0 Å². The van der Waals surface area contributed by atoms with Crippen LogP contribution in [0, 0.1) is 0 Å². The molecule has 10 nitrogen and oxygen atoms in total. The molecule has 0 atom stereocenters. The molecule has 0 spiro atoms. The molecule has 0 aromatic rings. The van der Waals surface area contributed by atoms with E-state index in [0.29, 0.717) is 0 Å². The van der Waals surface area contributed by atoms with Gasteiger partial charge in [0.25, 0.3) is 0 Å². The van der Waals surface area contributed by atoms with Gasteiger partial charge in [0.15, 0.2) is 0 Å². The maximum Gasteiger partial charge on any atom is 4.00 e. The summed E-state index contributed by atoms with van der Waals surface area (Å²) in [7, 11) is 0. The summed E-state index contributed by atoms with van der Waals surface area (Å²) in [5.74, 6) is 0. The standard InChI is InChI=1S/Fe.Mn.Ni.10H2O.Zr/h;;;10*1H2;/q3*+2;;;;;;;;;;;+4/p-10. The van der Waals surface area contributed by atoms with Gasteiger partial charge in [-0.05, 0) is 0 Å². The Bertz CT molecular complexity index is 20.1. The van der Waals surface area contributed by atoms with E-state index in [4.69, 9.17) is 0 Å². The van der Waals surface area contributed by atoms with Gasteiger partial charge in [0, 0.05) is 0 Å². The third-order valence-electron chi connectivity index (χ3n) is 0. The van der Waals surface area contributed by atoms with Crippen LogP contribution in [0.1, 0.15) is 0 Å². The minimum Gasteiger partial charge on any atom is -0.870 e. The van der Waals surface area contributed by atoms with Crippen molar-refractivity contribution in [1.29, 1.82) is 0 Å². The molecule has 0 bridgehead atoms. The summed E-state index contributed by atoms with van der Waals surface area (Å²) in [6.07, 6.45) is 0. The molecule has 0 aliphatic heterocycles. The first-order valence-electron chi connectivity index (χ1n) is 0. The zero-order valence-electron chi connectivity index (χ0n) is 6.02. The zero-order chi connectivity index (χ0) is 0. The number of hydrogen-bond acceptors (Lipinski definition) is 10. The second kappa shape index (κ2) is 726. The van der Waals surface area contributed by atoms with Crippen molar-refractivity contribution in [3.05, 3.63) is 0 Å². The maximum atomic E-state index is 0. The molecular formula is H10FeMnNiO10Zr. The Morgan fingerprint density at radius 2 is 0.357 bits per heavy atom. The van der Waals surface area contributed by atoms with E-state index in [9.17, 15) is 0 Å². The fourth-order valence-electron chi connectivity index (χ4n) is 0. The Morgan fingerprint density at radius 1 is 0.357 bits per heavy atom. The molecule has 99 valence electrons. The molecule has 0 fully saturated rings.